The topological polar surface area (TPSA) is 154 Å². The second-order valence-corrected chi connectivity index (χ2v) is 32.9. The number of alkyl halides is 1. The van der Waals surface area contributed by atoms with Gasteiger partial charge >= 0.3 is 0 Å². The minimum atomic E-state index is -2.58. The minimum absolute atomic E-state index is 0.339. The number of rotatable bonds is 10. The van der Waals surface area contributed by atoms with Gasteiger partial charge in [-0.2, -0.15) is 4.98 Å². The molecule has 0 aromatic carbocycles. The summed E-state index contributed by atoms with van der Waals surface area (Å²) >= 11 is 1.78. The first-order valence-electron chi connectivity index (χ1n) is 32.8. The van der Waals surface area contributed by atoms with E-state index < -0.39 is 15.5 Å². The number of halogens is 1. The Morgan fingerprint density at radius 1 is 0.602 bits per heavy atom. The minimum Gasteiger partial charge on any atom is -0.425 e. The molecule has 11 rings (SSSR count). The summed E-state index contributed by atoms with van der Waals surface area (Å²) in [6.45, 7) is 53.7. The number of imidazole rings is 1. The van der Waals surface area contributed by atoms with Crippen LogP contribution in [-0.2, 0) is 9.84 Å². The SMILES string of the molecule is CC(C)C12CC1(C)C2.CC(C)C1CC1.CC(C)C1CCC(C)(F)C1.CC(C)C1CCC1.CC(C)C1CCCC1.CC(C)C1CS(=O)(=O)C1.CC(C)c1cnc[nH]1.Cc1nc(C(C)C)no1.Cc1ncc(C(C)C)s1.Cc1nnc(C(C)C)o1. The maximum atomic E-state index is 13.2. The molecule has 0 spiro atoms. The Morgan fingerprint density at radius 2 is 1.10 bits per heavy atom. The van der Waals surface area contributed by atoms with Crippen molar-refractivity contribution in [2.75, 3.05) is 11.5 Å². The van der Waals surface area contributed by atoms with E-state index in [1.807, 2.05) is 47.0 Å². The molecule has 4 aromatic rings. The molecule has 1 aliphatic heterocycles. The number of nitrogens with one attached hydrogen (secondary N) is 1. The maximum Gasteiger partial charge on any atom is 0.223 e. The molecular formula is C69H126FN7O4S2. The molecule has 14 heteroatoms. The summed E-state index contributed by atoms with van der Waals surface area (Å²) in [4.78, 5) is 16.5. The number of aryl methyl sites for hydroxylation is 3. The van der Waals surface area contributed by atoms with E-state index in [4.69, 9.17) is 8.94 Å². The number of H-pyrrole nitrogens is 1. The predicted molar refractivity (Wildman–Crippen MR) is 350 cm³/mol. The molecule has 0 radical (unpaired) electrons. The highest BCUT2D eigenvalue weighted by Gasteiger charge is 2.80. The zero-order valence-corrected chi connectivity index (χ0v) is 59.3. The van der Waals surface area contributed by atoms with Crippen molar-refractivity contribution >= 4 is 21.2 Å². The van der Waals surface area contributed by atoms with E-state index in [-0.39, 0.29) is 0 Å². The summed E-state index contributed by atoms with van der Waals surface area (Å²) in [5, 5.41) is 12.4. The summed E-state index contributed by atoms with van der Waals surface area (Å²) < 4.78 is 44.3. The van der Waals surface area contributed by atoms with Gasteiger partial charge in [-0.15, -0.1) is 21.5 Å². The van der Waals surface area contributed by atoms with Crippen LogP contribution in [-0.4, -0.2) is 60.9 Å². The zero-order chi connectivity index (χ0) is 63.2. The number of aromatic nitrogens is 7. The van der Waals surface area contributed by atoms with Gasteiger partial charge in [0.1, 0.15) is 5.67 Å². The Labute approximate surface area is 513 Å². The van der Waals surface area contributed by atoms with Crippen molar-refractivity contribution in [3.05, 3.63) is 57.8 Å². The Morgan fingerprint density at radius 3 is 1.25 bits per heavy atom. The number of thiazole rings is 1. The van der Waals surface area contributed by atoms with Crippen LogP contribution >= 0.6 is 11.3 Å². The van der Waals surface area contributed by atoms with Crippen LogP contribution in [0, 0.1) is 96.7 Å². The van der Waals surface area contributed by atoms with Crippen molar-refractivity contribution in [1.82, 2.24) is 35.3 Å². The van der Waals surface area contributed by atoms with Crippen molar-refractivity contribution in [2.45, 2.75) is 292 Å². The highest BCUT2D eigenvalue weighted by molar-refractivity contribution is 7.92. The molecule has 11 nitrogen and oxygen atoms in total. The quantitative estimate of drug-likeness (QED) is 0.162. The summed E-state index contributed by atoms with van der Waals surface area (Å²) in [6, 6.07) is 0. The molecule has 7 aliphatic rings. The number of aromatic amines is 1. The summed E-state index contributed by atoms with van der Waals surface area (Å²) in [5.41, 5.74) is 2.04. The fourth-order valence-corrected chi connectivity index (χ4v) is 13.7. The van der Waals surface area contributed by atoms with Gasteiger partial charge in [-0.05, 0) is 147 Å². The van der Waals surface area contributed by atoms with Crippen LogP contribution in [0.15, 0.2) is 27.7 Å². The average Bonchev–Trinajstić information content (AvgIpc) is 1.57. The number of sulfone groups is 1. The third kappa shape index (κ3) is 29.0. The van der Waals surface area contributed by atoms with E-state index in [2.05, 4.69) is 153 Å². The van der Waals surface area contributed by atoms with Gasteiger partial charge in [0.25, 0.3) is 0 Å². The van der Waals surface area contributed by atoms with Crippen molar-refractivity contribution < 1.29 is 21.7 Å². The van der Waals surface area contributed by atoms with Gasteiger partial charge < -0.3 is 13.9 Å². The standard InChI is InChI=1S/C9H17F.C8H14.C8H16.C7H11NS.C7H14.2C6H10N2O.C6H10N2.C6H12O2S.C6H12/c1-7(2)8-4-5-9(3,10)6-8;1-6(2)8-4-7(8,3)5-8;1-7(2)8-5-3-4-6-8;1-5(2)7-4-8-6(3)9-7;1-6(2)7-4-3-5-7;1-4(2)6-8-7-5(3)9-6;1-4(2)6-7-5(3)9-8-6;1-5(2)6-3-7-4-8-6;1-5(2)6-3-9(7,8)4-6;1-5(2)6-3-4-6/h7-8H,4-6H2,1-3H3;6H,4-5H2,1-3H3;7-8H,3-6H2,1-2H3;4-5H,1-3H3;6-7H,3-5H2,1-2H3;2*4H,1-3H3;3-5H,1-2H3,(H,7,8);5-6H,3-4H2,1-2H3;5-6H,3-4H2,1-2H3. The molecule has 5 heterocycles. The lowest BCUT2D eigenvalue weighted by atomic mass is 9.78. The monoisotopic (exact) mass is 1200 g/mol. The smallest absolute Gasteiger partial charge is 0.223 e. The first-order valence-corrected chi connectivity index (χ1v) is 35.5. The lowest BCUT2D eigenvalue weighted by molar-refractivity contribution is 0.185. The molecule has 2 unspecified atom stereocenters. The van der Waals surface area contributed by atoms with Crippen molar-refractivity contribution in [1.29, 1.82) is 0 Å². The average molecular weight is 1200 g/mol. The third-order valence-electron chi connectivity index (χ3n) is 18.5. The van der Waals surface area contributed by atoms with Gasteiger partial charge in [0.15, 0.2) is 15.7 Å². The molecule has 0 amide bonds. The number of fused-ring (bicyclic) bond motifs is 1. The molecule has 6 aliphatic carbocycles. The largest absolute Gasteiger partial charge is 0.425 e. The van der Waals surface area contributed by atoms with Crippen molar-refractivity contribution in [3.8, 4) is 0 Å². The molecule has 7 fully saturated rings. The van der Waals surface area contributed by atoms with Crippen molar-refractivity contribution in [3.63, 3.8) is 0 Å². The van der Waals surface area contributed by atoms with E-state index in [0.29, 0.717) is 76.5 Å². The van der Waals surface area contributed by atoms with Crippen LogP contribution in [0.1, 0.15) is 305 Å². The van der Waals surface area contributed by atoms with E-state index in [1.165, 1.54) is 86.2 Å². The van der Waals surface area contributed by atoms with E-state index in [1.54, 1.807) is 38.4 Å². The molecule has 83 heavy (non-hydrogen) atoms. The predicted octanol–water partition coefficient (Wildman–Crippen LogP) is 20.7. The summed E-state index contributed by atoms with van der Waals surface area (Å²) in [7, 11) is -2.58. The van der Waals surface area contributed by atoms with Gasteiger partial charge in [-0.3, -0.25) is 0 Å². The summed E-state index contributed by atoms with van der Waals surface area (Å²) in [6.07, 6.45) is 24.7. The van der Waals surface area contributed by atoms with Gasteiger partial charge in [-0.1, -0.05) is 196 Å². The Bertz CT molecular complexity index is 2290. The lowest BCUT2D eigenvalue weighted by Gasteiger charge is -2.28. The van der Waals surface area contributed by atoms with Crippen molar-refractivity contribution in [2.24, 2.45) is 75.9 Å². The maximum absolute atomic E-state index is 13.2. The third-order valence-corrected chi connectivity index (χ3v) is 21.5. The molecule has 4 aromatic heterocycles. The zero-order valence-electron chi connectivity index (χ0n) is 57.7. The van der Waals surface area contributed by atoms with E-state index in [9.17, 15) is 12.8 Å². The number of hydrogen-bond donors (Lipinski definition) is 1. The Hall–Kier alpha value is -3.00. The van der Waals surface area contributed by atoms with Crippen LogP contribution in [0.3, 0.4) is 0 Å². The fraction of sp³-hybridized carbons (Fsp3) is 0.855. The van der Waals surface area contributed by atoms with Crippen LogP contribution in [0.4, 0.5) is 4.39 Å². The second kappa shape index (κ2) is 35.7. The first kappa shape index (κ1) is 76.1. The molecule has 1 N–H and O–H groups in total. The normalized spacial score (nSPS) is 23.6. The molecule has 480 valence electrons. The van der Waals surface area contributed by atoms with Crippen LogP contribution in [0.5, 0.6) is 0 Å². The van der Waals surface area contributed by atoms with Gasteiger partial charge in [0.2, 0.25) is 17.7 Å². The van der Waals surface area contributed by atoms with E-state index >= 15 is 0 Å². The molecular weight excluding hydrogens is 1070 g/mol. The second-order valence-electron chi connectivity index (χ2n) is 29.5. The van der Waals surface area contributed by atoms with Crippen LogP contribution in [0.2, 0.25) is 0 Å². The van der Waals surface area contributed by atoms with Gasteiger partial charge in [0.05, 0.1) is 22.8 Å². The van der Waals surface area contributed by atoms with E-state index in [0.717, 1.165) is 77.3 Å². The van der Waals surface area contributed by atoms with Gasteiger partial charge in [0, 0.05) is 48.6 Å². The van der Waals surface area contributed by atoms with Gasteiger partial charge in [-0.25, -0.2) is 22.8 Å². The Kier molecular flexibility index (Phi) is 32.7. The highest BCUT2D eigenvalue weighted by Crippen LogP contribution is 2.88. The fourth-order valence-electron chi connectivity index (χ4n) is 11.0. The highest BCUT2D eigenvalue weighted by atomic mass is 32.2. The lowest BCUT2D eigenvalue weighted by Crippen LogP contribution is -2.39. The number of nitrogens with zero attached hydrogens (tertiary/aromatic N) is 6. The molecule has 6 saturated carbocycles. The molecule has 1 saturated heterocycles. The molecule has 2 atom stereocenters. The van der Waals surface area contributed by atoms with Crippen LogP contribution < -0.4 is 0 Å². The summed E-state index contributed by atoms with van der Waals surface area (Å²) in [5.74, 6) is 14.9. The number of hydrogen-bond acceptors (Lipinski definition) is 11. The Balaban J connectivity index is 0.000000316. The van der Waals surface area contributed by atoms with Crippen LogP contribution in [0.25, 0.3) is 0 Å². The first-order chi connectivity index (χ1) is 38.4. The molecule has 0 bridgehead atoms.